The summed E-state index contributed by atoms with van der Waals surface area (Å²) in [5.74, 6) is -0.339. The van der Waals surface area contributed by atoms with E-state index in [1.54, 1.807) is 12.1 Å². The molecular weight excluding hydrogens is 240 g/mol. The average Bonchev–Trinajstić information content (AvgIpc) is 2.22. The normalized spacial score (nSPS) is 15.7. The van der Waals surface area contributed by atoms with Gasteiger partial charge < -0.3 is 15.8 Å². The van der Waals surface area contributed by atoms with Gasteiger partial charge in [0.2, 0.25) is 0 Å². The maximum absolute atomic E-state index is 11.9. The predicted molar refractivity (Wildman–Crippen MR) is 77.3 cm³/mol. The van der Waals surface area contributed by atoms with Gasteiger partial charge >= 0.3 is 5.97 Å². The van der Waals surface area contributed by atoms with Crippen LogP contribution in [0.1, 0.15) is 50.4 Å². The zero-order valence-corrected chi connectivity index (χ0v) is 11.8. The van der Waals surface area contributed by atoms with Gasteiger partial charge in [-0.2, -0.15) is 0 Å². The minimum absolute atomic E-state index is 0.339. The maximum atomic E-state index is 11.9. The van der Waals surface area contributed by atoms with E-state index in [-0.39, 0.29) is 5.97 Å². The van der Waals surface area contributed by atoms with Crippen LogP contribution >= 0.6 is 0 Å². The Kier molecular flexibility index (Phi) is 3.69. The van der Waals surface area contributed by atoms with E-state index in [9.17, 15) is 4.79 Å². The number of esters is 1. The fourth-order valence-corrected chi connectivity index (χ4v) is 1.93. The van der Waals surface area contributed by atoms with Crippen LogP contribution in [0.4, 0.5) is 11.4 Å². The van der Waals surface area contributed by atoms with Crippen LogP contribution in [0.2, 0.25) is 0 Å². The summed E-state index contributed by atoms with van der Waals surface area (Å²) in [6.45, 7) is 5.54. The van der Waals surface area contributed by atoms with Crippen molar-refractivity contribution in [3.05, 3.63) is 23.8 Å². The quantitative estimate of drug-likeness (QED) is 0.648. The lowest BCUT2D eigenvalue weighted by molar-refractivity contribution is 0.00696. The van der Waals surface area contributed by atoms with Crippen LogP contribution < -0.4 is 11.1 Å². The minimum atomic E-state index is -0.491. The molecule has 0 heterocycles. The molecule has 4 heteroatoms. The first-order valence-corrected chi connectivity index (χ1v) is 6.74. The van der Waals surface area contributed by atoms with E-state index in [4.69, 9.17) is 10.5 Å². The number of hydrogen-bond donors (Lipinski definition) is 2. The number of nitrogens with one attached hydrogen (secondary N) is 1. The molecule has 4 nitrogen and oxygen atoms in total. The molecule has 1 aromatic carbocycles. The Hall–Kier alpha value is -1.71. The molecule has 0 radical (unpaired) electrons. The fraction of sp³-hybridized carbons (Fsp3) is 0.533. The zero-order chi connectivity index (χ0) is 14.0. The molecule has 0 unspecified atom stereocenters. The Bertz CT molecular complexity index is 474. The maximum Gasteiger partial charge on any atom is 0.338 e. The summed E-state index contributed by atoms with van der Waals surface area (Å²) in [7, 11) is 0. The van der Waals surface area contributed by atoms with Gasteiger partial charge in [-0.05, 0) is 58.2 Å². The second-order valence-corrected chi connectivity index (χ2v) is 6.08. The molecule has 19 heavy (non-hydrogen) atoms. The van der Waals surface area contributed by atoms with E-state index in [0.717, 1.165) is 5.69 Å². The molecule has 2 rings (SSSR count). The van der Waals surface area contributed by atoms with Crippen molar-refractivity contribution in [3.8, 4) is 0 Å². The van der Waals surface area contributed by atoms with Crippen LogP contribution in [-0.4, -0.2) is 17.6 Å². The van der Waals surface area contributed by atoms with Gasteiger partial charge in [0.1, 0.15) is 5.60 Å². The summed E-state index contributed by atoms with van der Waals surface area (Å²) < 4.78 is 5.32. The van der Waals surface area contributed by atoms with E-state index in [2.05, 4.69) is 5.32 Å². The Labute approximate surface area is 114 Å². The van der Waals surface area contributed by atoms with Crippen molar-refractivity contribution in [2.24, 2.45) is 0 Å². The monoisotopic (exact) mass is 262 g/mol. The van der Waals surface area contributed by atoms with Crippen LogP contribution in [0.25, 0.3) is 0 Å². The first-order chi connectivity index (χ1) is 8.85. The van der Waals surface area contributed by atoms with Crippen molar-refractivity contribution in [2.75, 3.05) is 11.1 Å². The fourth-order valence-electron chi connectivity index (χ4n) is 1.93. The number of carbonyl (C=O) groups excluding carboxylic acids is 1. The summed E-state index contributed by atoms with van der Waals surface area (Å²) in [6.07, 6.45) is 3.65. The van der Waals surface area contributed by atoms with Gasteiger partial charge in [0.05, 0.1) is 16.9 Å². The molecule has 0 amide bonds. The Morgan fingerprint density at radius 3 is 2.53 bits per heavy atom. The van der Waals surface area contributed by atoms with E-state index in [1.807, 2.05) is 26.8 Å². The lowest BCUT2D eigenvalue weighted by Gasteiger charge is -2.28. The molecule has 1 saturated carbocycles. The first-order valence-electron chi connectivity index (χ1n) is 6.74. The van der Waals surface area contributed by atoms with Gasteiger partial charge in [-0.15, -0.1) is 0 Å². The van der Waals surface area contributed by atoms with Gasteiger partial charge in [0.25, 0.3) is 0 Å². The highest BCUT2D eigenvalue weighted by atomic mass is 16.6. The van der Waals surface area contributed by atoms with E-state index in [0.29, 0.717) is 17.3 Å². The standard InChI is InChI=1S/C15H22N2O2/c1-15(2,3)19-14(18)10-7-8-13(12(16)9-10)17-11-5-4-6-11/h7-9,11,17H,4-6,16H2,1-3H3. The number of nitrogen functional groups attached to an aromatic ring is 1. The van der Waals surface area contributed by atoms with Gasteiger partial charge in [-0.3, -0.25) is 0 Å². The smallest absolute Gasteiger partial charge is 0.338 e. The Morgan fingerprint density at radius 2 is 2.05 bits per heavy atom. The molecule has 0 spiro atoms. The second-order valence-electron chi connectivity index (χ2n) is 6.08. The van der Waals surface area contributed by atoms with E-state index >= 15 is 0 Å². The molecule has 0 saturated heterocycles. The number of carbonyl (C=O) groups is 1. The first kappa shape index (κ1) is 13.7. The summed E-state index contributed by atoms with van der Waals surface area (Å²) in [6, 6.07) is 5.81. The third kappa shape index (κ3) is 3.63. The van der Waals surface area contributed by atoms with Gasteiger partial charge in [0, 0.05) is 6.04 Å². The SMILES string of the molecule is CC(C)(C)OC(=O)c1ccc(NC2CCC2)c(N)c1. The average molecular weight is 262 g/mol. The van der Waals surface area contributed by atoms with Crippen molar-refractivity contribution in [3.63, 3.8) is 0 Å². The highest BCUT2D eigenvalue weighted by Crippen LogP contribution is 2.27. The van der Waals surface area contributed by atoms with Crippen LogP contribution in [0.15, 0.2) is 18.2 Å². The zero-order valence-electron chi connectivity index (χ0n) is 11.8. The predicted octanol–water partition coefficient (Wildman–Crippen LogP) is 3.19. The van der Waals surface area contributed by atoms with Crippen molar-refractivity contribution in [1.29, 1.82) is 0 Å². The number of nitrogens with two attached hydrogens (primary N) is 1. The Morgan fingerprint density at radius 1 is 1.37 bits per heavy atom. The molecule has 1 aliphatic rings. The molecular formula is C15H22N2O2. The van der Waals surface area contributed by atoms with Gasteiger partial charge in [0.15, 0.2) is 0 Å². The molecule has 0 bridgehead atoms. The van der Waals surface area contributed by atoms with Crippen LogP contribution in [0, 0.1) is 0 Å². The van der Waals surface area contributed by atoms with E-state index in [1.165, 1.54) is 19.3 Å². The summed E-state index contributed by atoms with van der Waals surface area (Å²) in [4.78, 5) is 11.9. The number of ether oxygens (including phenoxy) is 1. The number of hydrogen-bond acceptors (Lipinski definition) is 4. The summed E-state index contributed by atoms with van der Waals surface area (Å²) in [5.41, 5.74) is 7.47. The van der Waals surface area contributed by atoms with Crippen molar-refractivity contribution < 1.29 is 9.53 Å². The molecule has 1 fully saturated rings. The number of anilines is 2. The molecule has 3 N–H and O–H groups in total. The lowest BCUT2D eigenvalue weighted by Crippen LogP contribution is -2.27. The molecule has 1 aromatic rings. The molecule has 0 aliphatic heterocycles. The minimum Gasteiger partial charge on any atom is -0.456 e. The van der Waals surface area contributed by atoms with Crippen LogP contribution in [0.3, 0.4) is 0 Å². The molecule has 0 atom stereocenters. The molecule has 0 aromatic heterocycles. The highest BCUT2D eigenvalue weighted by Gasteiger charge is 2.20. The third-order valence-corrected chi connectivity index (χ3v) is 3.15. The van der Waals surface area contributed by atoms with Crippen molar-refractivity contribution in [2.45, 2.75) is 51.7 Å². The van der Waals surface area contributed by atoms with Crippen molar-refractivity contribution >= 4 is 17.3 Å². The summed E-state index contributed by atoms with van der Waals surface area (Å²) in [5, 5.41) is 3.38. The third-order valence-electron chi connectivity index (χ3n) is 3.15. The number of rotatable bonds is 3. The molecule has 1 aliphatic carbocycles. The largest absolute Gasteiger partial charge is 0.456 e. The van der Waals surface area contributed by atoms with Gasteiger partial charge in [-0.25, -0.2) is 4.79 Å². The number of benzene rings is 1. The Balaban J connectivity index is 2.07. The second kappa shape index (κ2) is 5.11. The van der Waals surface area contributed by atoms with E-state index < -0.39 is 5.60 Å². The summed E-state index contributed by atoms with van der Waals surface area (Å²) >= 11 is 0. The highest BCUT2D eigenvalue weighted by molar-refractivity contribution is 5.92. The molecule has 104 valence electrons. The van der Waals surface area contributed by atoms with Crippen molar-refractivity contribution in [1.82, 2.24) is 0 Å². The van der Waals surface area contributed by atoms with Gasteiger partial charge in [-0.1, -0.05) is 0 Å². The lowest BCUT2D eigenvalue weighted by atomic mass is 9.93. The van der Waals surface area contributed by atoms with Crippen LogP contribution in [-0.2, 0) is 4.74 Å². The topological polar surface area (TPSA) is 64.3 Å². The van der Waals surface area contributed by atoms with Crippen LogP contribution in [0.5, 0.6) is 0 Å².